The number of rotatable bonds is 4. The molecule has 3 aromatic rings. The molecule has 0 aliphatic carbocycles. The molecule has 0 spiro atoms. The molecule has 0 saturated heterocycles. The maximum Gasteiger partial charge on any atom is 0.206 e. The maximum atomic E-state index is 12.1. The van der Waals surface area contributed by atoms with Crippen LogP contribution < -0.4 is 0 Å². The van der Waals surface area contributed by atoms with Gasteiger partial charge in [0.1, 0.15) is 6.54 Å². The molecule has 3 rings (SSSR count). The molecule has 6 heteroatoms. The van der Waals surface area contributed by atoms with Gasteiger partial charge in [0.15, 0.2) is 5.78 Å². The third kappa shape index (κ3) is 3.00. The topological polar surface area (TPSA) is 73.6 Å². The van der Waals surface area contributed by atoms with Gasteiger partial charge in [-0.1, -0.05) is 29.8 Å². The first-order valence-electron chi connectivity index (χ1n) is 6.50. The second-order valence-corrected chi connectivity index (χ2v) is 4.67. The number of Topliss-reactive ketones (excluding diaryl/α,β-unsaturated/α-hetero) is 1. The zero-order valence-corrected chi connectivity index (χ0v) is 11.5. The van der Waals surface area contributed by atoms with Crippen molar-refractivity contribution in [3.8, 4) is 11.4 Å². The van der Waals surface area contributed by atoms with Gasteiger partial charge in [-0.05, 0) is 24.3 Å². The van der Waals surface area contributed by atoms with E-state index in [-0.39, 0.29) is 12.3 Å². The van der Waals surface area contributed by atoms with Crippen LogP contribution in [0.5, 0.6) is 0 Å². The Kier molecular flexibility index (Phi) is 3.51. The van der Waals surface area contributed by atoms with E-state index in [2.05, 4.69) is 20.4 Å². The van der Waals surface area contributed by atoms with E-state index < -0.39 is 0 Å². The van der Waals surface area contributed by atoms with Gasteiger partial charge in [-0.3, -0.25) is 9.78 Å². The molecule has 2 heterocycles. The predicted molar refractivity (Wildman–Crippen MR) is 76.6 cm³/mol. The number of hydrogen-bond donors (Lipinski definition) is 0. The molecule has 0 bridgehead atoms. The Bertz CT molecular complexity index is 749. The van der Waals surface area contributed by atoms with Gasteiger partial charge in [-0.15, -0.1) is 10.2 Å². The second kappa shape index (κ2) is 5.62. The van der Waals surface area contributed by atoms with Crippen molar-refractivity contribution in [2.75, 3.05) is 0 Å². The number of hydrogen-bond acceptors (Lipinski definition) is 5. The third-order valence-electron chi connectivity index (χ3n) is 3.03. The first-order valence-corrected chi connectivity index (χ1v) is 6.50. The lowest BCUT2D eigenvalue weighted by Gasteiger charge is -2.00. The summed E-state index contributed by atoms with van der Waals surface area (Å²) in [5.41, 5.74) is 2.52. The highest BCUT2D eigenvalue weighted by atomic mass is 16.1. The van der Waals surface area contributed by atoms with Gasteiger partial charge in [-0.25, -0.2) is 0 Å². The number of nitrogens with zero attached hydrogens (tertiary/aromatic N) is 5. The van der Waals surface area contributed by atoms with Gasteiger partial charge in [0.2, 0.25) is 5.82 Å². The van der Waals surface area contributed by atoms with Crippen molar-refractivity contribution in [1.82, 2.24) is 25.2 Å². The number of tetrazole rings is 1. The van der Waals surface area contributed by atoms with Crippen molar-refractivity contribution >= 4 is 5.78 Å². The lowest BCUT2D eigenvalue weighted by molar-refractivity contribution is 0.0961. The number of carbonyl (C=O) groups excluding carboxylic acids is 1. The van der Waals surface area contributed by atoms with Crippen LogP contribution in [-0.4, -0.2) is 31.0 Å². The highest BCUT2D eigenvalue weighted by molar-refractivity contribution is 5.95. The van der Waals surface area contributed by atoms with E-state index >= 15 is 0 Å². The van der Waals surface area contributed by atoms with Crippen molar-refractivity contribution in [2.24, 2.45) is 0 Å². The first kappa shape index (κ1) is 13.1. The number of aromatic nitrogens is 5. The minimum absolute atomic E-state index is 0.0508. The summed E-state index contributed by atoms with van der Waals surface area (Å²) in [5, 5.41) is 12.0. The lowest BCUT2D eigenvalue weighted by atomic mass is 10.1. The molecule has 0 amide bonds. The summed E-state index contributed by atoms with van der Waals surface area (Å²) in [6.07, 6.45) is 3.33. The normalized spacial score (nSPS) is 10.5. The Morgan fingerprint density at radius 2 is 2.00 bits per heavy atom. The highest BCUT2D eigenvalue weighted by Crippen LogP contribution is 2.11. The van der Waals surface area contributed by atoms with E-state index in [9.17, 15) is 4.79 Å². The molecule has 21 heavy (non-hydrogen) atoms. The molecular weight excluding hydrogens is 266 g/mol. The fourth-order valence-electron chi connectivity index (χ4n) is 1.88. The van der Waals surface area contributed by atoms with E-state index in [0.717, 1.165) is 11.1 Å². The smallest absolute Gasteiger partial charge is 0.206 e. The van der Waals surface area contributed by atoms with E-state index in [1.54, 1.807) is 30.6 Å². The Hall–Kier alpha value is -2.89. The van der Waals surface area contributed by atoms with Crippen LogP contribution in [0.25, 0.3) is 11.4 Å². The predicted octanol–water partition coefficient (Wildman–Crippen LogP) is 1.93. The molecule has 0 atom stereocenters. The number of benzene rings is 1. The third-order valence-corrected chi connectivity index (χ3v) is 3.03. The Morgan fingerprint density at radius 1 is 1.19 bits per heavy atom. The van der Waals surface area contributed by atoms with Gasteiger partial charge in [0.05, 0.1) is 0 Å². The van der Waals surface area contributed by atoms with E-state index in [4.69, 9.17) is 0 Å². The number of ketones is 1. The highest BCUT2D eigenvalue weighted by Gasteiger charge is 2.11. The second-order valence-electron chi connectivity index (χ2n) is 4.67. The standard InChI is InChI=1S/C15H13N5O/c1-11-4-6-12(7-5-11)14(21)10-20-18-15(17-19-20)13-3-2-8-16-9-13/h2-9H,10H2,1H3. The molecule has 2 aromatic heterocycles. The van der Waals surface area contributed by atoms with Gasteiger partial charge in [0.25, 0.3) is 0 Å². The van der Waals surface area contributed by atoms with Crippen LogP contribution in [0.4, 0.5) is 0 Å². The van der Waals surface area contributed by atoms with Crippen LogP contribution in [0.3, 0.4) is 0 Å². The maximum absolute atomic E-state index is 12.1. The Balaban J connectivity index is 1.75. The van der Waals surface area contributed by atoms with Crippen molar-refractivity contribution in [3.05, 3.63) is 59.9 Å². The summed E-state index contributed by atoms with van der Waals surface area (Å²) in [5.74, 6) is 0.407. The van der Waals surface area contributed by atoms with Gasteiger partial charge in [-0.2, -0.15) is 4.80 Å². The fourth-order valence-corrected chi connectivity index (χ4v) is 1.88. The zero-order chi connectivity index (χ0) is 14.7. The van der Waals surface area contributed by atoms with Crippen molar-refractivity contribution in [1.29, 1.82) is 0 Å². The molecule has 0 aliphatic heterocycles. The van der Waals surface area contributed by atoms with E-state index in [1.165, 1.54) is 4.80 Å². The van der Waals surface area contributed by atoms with Gasteiger partial charge < -0.3 is 0 Å². The van der Waals surface area contributed by atoms with Crippen LogP contribution in [0.2, 0.25) is 0 Å². The largest absolute Gasteiger partial charge is 0.292 e. The molecule has 6 nitrogen and oxygen atoms in total. The first-order chi connectivity index (χ1) is 10.2. The molecule has 0 saturated carbocycles. The van der Waals surface area contributed by atoms with Crippen LogP contribution in [0.1, 0.15) is 15.9 Å². The summed E-state index contributed by atoms with van der Waals surface area (Å²) < 4.78 is 0. The molecular formula is C15H13N5O. The minimum Gasteiger partial charge on any atom is -0.292 e. The summed E-state index contributed by atoms with van der Waals surface area (Å²) in [6.45, 7) is 2.05. The molecule has 1 aromatic carbocycles. The number of pyridine rings is 1. The zero-order valence-electron chi connectivity index (χ0n) is 11.5. The van der Waals surface area contributed by atoms with Crippen molar-refractivity contribution < 1.29 is 4.79 Å². The molecule has 0 radical (unpaired) electrons. The Labute approximate surface area is 121 Å². The van der Waals surface area contributed by atoms with Crippen LogP contribution in [0, 0.1) is 6.92 Å². The molecule has 0 fully saturated rings. The minimum atomic E-state index is -0.0508. The summed E-state index contributed by atoms with van der Waals surface area (Å²) in [6, 6.07) is 11.1. The van der Waals surface area contributed by atoms with Crippen LogP contribution >= 0.6 is 0 Å². The average molecular weight is 279 g/mol. The fraction of sp³-hybridized carbons (Fsp3) is 0.133. The average Bonchev–Trinajstić information content (AvgIpc) is 2.97. The molecule has 0 unspecified atom stereocenters. The Morgan fingerprint density at radius 3 is 2.71 bits per heavy atom. The van der Waals surface area contributed by atoms with E-state index in [1.807, 2.05) is 25.1 Å². The lowest BCUT2D eigenvalue weighted by Crippen LogP contribution is -2.13. The van der Waals surface area contributed by atoms with Crippen molar-refractivity contribution in [3.63, 3.8) is 0 Å². The van der Waals surface area contributed by atoms with Crippen LogP contribution in [-0.2, 0) is 6.54 Å². The monoisotopic (exact) mass is 279 g/mol. The summed E-state index contributed by atoms with van der Waals surface area (Å²) in [4.78, 5) is 17.4. The summed E-state index contributed by atoms with van der Waals surface area (Å²) in [7, 11) is 0. The van der Waals surface area contributed by atoms with Crippen LogP contribution in [0.15, 0.2) is 48.8 Å². The van der Waals surface area contributed by atoms with Gasteiger partial charge >= 0.3 is 0 Å². The quantitative estimate of drug-likeness (QED) is 0.682. The van der Waals surface area contributed by atoms with E-state index in [0.29, 0.717) is 11.4 Å². The summed E-state index contributed by atoms with van der Waals surface area (Å²) >= 11 is 0. The molecule has 104 valence electrons. The molecule has 0 N–H and O–H groups in total. The van der Waals surface area contributed by atoms with Crippen molar-refractivity contribution in [2.45, 2.75) is 13.5 Å². The van der Waals surface area contributed by atoms with Gasteiger partial charge in [0, 0.05) is 23.5 Å². The number of aryl methyl sites for hydroxylation is 1. The number of carbonyl (C=O) groups is 1. The SMILES string of the molecule is Cc1ccc(C(=O)Cn2nnc(-c3cccnc3)n2)cc1. The molecule has 0 aliphatic rings.